The van der Waals surface area contributed by atoms with Crippen LogP contribution in [0.15, 0.2) is 15.8 Å². The second-order valence-corrected chi connectivity index (χ2v) is 4.63. The molecule has 1 aliphatic heterocycles. The zero-order valence-electron chi connectivity index (χ0n) is 10.5. The van der Waals surface area contributed by atoms with Crippen molar-refractivity contribution in [2.45, 2.75) is 30.2 Å². The Kier molecular flexibility index (Phi) is 3.89. The molecule has 22 heavy (non-hydrogen) atoms. The standard InChI is InChI=1S/C10H10F4N2O6/c11-3-1-16(8(21)15-6(3)20)7-4(18)5(19)9(2-17,22-7)10(12,13)14/h1,4-5,7,17-19H,2H2,(H,15,20,21)/t4-,5-,7+,9+/m0/s1. The SMILES string of the molecule is O=c1[nH]c(=O)n([C@@H]2O[C@@](CO)(C(F)(F)F)[C@@H](O)[C@@H]2O)cc1F. The third kappa shape index (κ3) is 2.24. The van der Waals surface area contributed by atoms with Gasteiger partial charge in [-0.3, -0.25) is 14.3 Å². The Balaban J connectivity index is 2.54. The van der Waals surface area contributed by atoms with Crippen molar-refractivity contribution < 1.29 is 37.6 Å². The second-order valence-electron chi connectivity index (χ2n) is 4.63. The number of aliphatic hydroxyl groups is 3. The van der Waals surface area contributed by atoms with Crippen molar-refractivity contribution in [3.63, 3.8) is 0 Å². The molecule has 1 aromatic rings. The van der Waals surface area contributed by atoms with E-state index in [1.165, 1.54) is 4.98 Å². The van der Waals surface area contributed by atoms with Gasteiger partial charge in [-0.25, -0.2) is 4.79 Å². The van der Waals surface area contributed by atoms with Gasteiger partial charge in [0.1, 0.15) is 12.2 Å². The van der Waals surface area contributed by atoms with E-state index in [0.29, 0.717) is 0 Å². The minimum atomic E-state index is -5.29. The maximum Gasteiger partial charge on any atom is 0.422 e. The summed E-state index contributed by atoms with van der Waals surface area (Å²) in [6, 6.07) is 0. The van der Waals surface area contributed by atoms with Crippen LogP contribution >= 0.6 is 0 Å². The lowest BCUT2D eigenvalue weighted by Gasteiger charge is -2.31. The molecule has 1 fully saturated rings. The van der Waals surface area contributed by atoms with E-state index in [4.69, 9.17) is 5.11 Å². The first-order valence-corrected chi connectivity index (χ1v) is 5.77. The van der Waals surface area contributed by atoms with Crippen LogP contribution in [0.25, 0.3) is 0 Å². The van der Waals surface area contributed by atoms with Gasteiger partial charge < -0.3 is 20.1 Å². The number of aliphatic hydroxyl groups excluding tert-OH is 3. The smallest absolute Gasteiger partial charge is 0.393 e. The zero-order valence-corrected chi connectivity index (χ0v) is 10.5. The quantitative estimate of drug-likeness (QED) is 0.475. The molecule has 0 unspecified atom stereocenters. The zero-order chi connectivity index (χ0) is 16.9. The van der Waals surface area contributed by atoms with Crippen molar-refractivity contribution in [3.8, 4) is 0 Å². The van der Waals surface area contributed by atoms with Crippen molar-refractivity contribution in [1.82, 2.24) is 9.55 Å². The summed E-state index contributed by atoms with van der Waals surface area (Å²) in [4.78, 5) is 23.8. The monoisotopic (exact) mass is 330 g/mol. The lowest BCUT2D eigenvalue weighted by molar-refractivity contribution is -0.306. The van der Waals surface area contributed by atoms with E-state index in [2.05, 4.69) is 4.74 Å². The normalized spacial score (nSPS) is 32.4. The number of aromatic amines is 1. The van der Waals surface area contributed by atoms with Crippen molar-refractivity contribution >= 4 is 0 Å². The Morgan fingerprint density at radius 3 is 2.41 bits per heavy atom. The molecule has 12 heteroatoms. The highest BCUT2D eigenvalue weighted by Gasteiger charge is 2.69. The molecule has 4 N–H and O–H groups in total. The third-order valence-corrected chi connectivity index (χ3v) is 3.34. The van der Waals surface area contributed by atoms with Crippen LogP contribution < -0.4 is 11.2 Å². The van der Waals surface area contributed by atoms with E-state index in [1.54, 1.807) is 0 Å². The molecule has 124 valence electrons. The van der Waals surface area contributed by atoms with Crippen LogP contribution in [0.1, 0.15) is 6.23 Å². The summed E-state index contributed by atoms with van der Waals surface area (Å²) < 4.78 is 56.8. The Morgan fingerprint density at radius 2 is 1.95 bits per heavy atom. The highest BCUT2D eigenvalue weighted by molar-refractivity contribution is 5.06. The number of nitrogens with one attached hydrogen (secondary N) is 1. The molecular weight excluding hydrogens is 320 g/mol. The Bertz CT molecular complexity index is 685. The molecule has 0 aromatic carbocycles. The summed E-state index contributed by atoms with van der Waals surface area (Å²) in [7, 11) is 0. The average Bonchev–Trinajstić information content (AvgIpc) is 2.67. The van der Waals surface area contributed by atoms with Crippen molar-refractivity contribution in [2.24, 2.45) is 0 Å². The molecule has 8 nitrogen and oxygen atoms in total. The molecule has 0 saturated carbocycles. The number of alkyl halides is 3. The third-order valence-electron chi connectivity index (χ3n) is 3.34. The molecule has 4 atom stereocenters. The van der Waals surface area contributed by atoms with Crippen molar-refractivity contribution in [2.75, 3.05) is 6.61 Å². The summed E-state index contributed by atoms with van der Waals surface area (Å²) in [6.45, 7) is -1.74. The highest BCUT2D eigenvalue weighted by atomic mass is 19.4. The molecule has 0 aliphatic carbocycles. The van der Waals surface area contributed by atoms with E-state index in [0.717, 1.165) is 0 Å². The Morgan fingerprint density at radius 1 is 1.36 bits per heavy atom. The molecule has 0 radical (unpaired) electrons. The van der Waals surface area contributed by atoms with E-state index in [1.807, 2.05) is 0 Å². The first-order chi connectivity index (χ1) is 10.0. The average molecular weight is 330 g/mol. The van der Waals surface area contributed by atoms with Gasteiger partial charge in [-0.1, -0.05) is 0 Å². The lowest BCUT2D eigenvalue weighted by atomic mass is 9.95. The van der Waals surface area contributed by atoms with Crippen LogP contribution in [0, 0.1) is 5.82 Å². The fourth-order valence-electron chi connectivity index (χ4n) is 2.11. The maximum atomic E-state index is 13.2. The maximum absolute atomic E-state index is 13.2. The molecule has 2 heterocycles. The Labute approximate surface area is 118 Å². The predicted octanol–water partition coefficient (Wildman–Crippen LogP) is -1.78. The first kappa shape index (κ1) is 16.6. The van der Waals surface area contributed by atoms with Gasteiger partial charge in [0.05, 0.1) is 12.8 Å². The number of hydrogen-bond donors (Lipinski definition) is 4. The molecule has 0 amide bonds. The lowest BCUT2D eigenvalue weighted by Crippen LogP contribution is -2.57. The number of aromatic nitrogens is 2. The largest absolute Gasteiger partial charge is 0.422 e. The van der Waals surface area contributed by atoms with Gasteiger partial charge in [0.25, 0.3) is 5.56 Å². The number of rotatable bonds is 2. The van der Waals surface area contributed by atoms with E-state index < -0.39 is 53.9 Å². The van der Waals surface area contributed by atoms with Gasteiger partial charge in [0.2, 0.25) is 11.4 Å². The Hall–Kier alpha value is -1.76. The first-order valence-electron chi connectivity index (χ1n) is 5.77. The molecule has 2 rings (SSSR count). The second kappa shape index (κ2) is 5.15. The molecule has 1 saturated heterocycles. The summed E-state index contributed by atoms with van der Waals surface area (Å²) in [5.74, 6) is -1.52. The molecule has 0 spiro atoms. The van der Waals surface area contributed by atoms with Gasteiger partial charge in [-0.05, 0) is 0 Å². The van der Waals surface area contributed by atoms with E-state index in [-0.39, 0.29) is 10.8 Å². The number of ether oxygens (including phenoxy) is 1. The van der Waals surface area contributed by atoms with Crippen molar-refractivity contribution in [1.29, 1.82) is 0 Å². The van der Waals surface area contributed by atoms with Crippen LogP contribution in [0.4, 0.5) is 17.6 Å². The van der Waals surface area contributed by atoms with Gasteiger partial charge in [0, 0.05) is 0 Å². The molecule has 1 aromatic heterocycles. The molecule has 1 aliphatic rings. The van der Waals surface area contributed by atoms with Gasteiger partial charge in [-0.2, -0.15) is 17.6 Å². The summed E-state index contributed by atoms with van der Waals surface area (Å²) in [5, 5.41) is 28.2. The minimum absolute atomic E-state index is 0.147. The number of H-pyrrole nitrogens is 1. The summed E-state index contributed by atoms with van der Waals surface area (Å²) in [5.41, 5.74) is -6.33. The van der Waals surface area contributed by atoms with Gasteiger partial charge in [-0.15, -0.1) is 0 Å². The van der Waals surface area contributed by atoms with Crippen LogP contribution in [0.3, 0.4) is 0 Å². The number of hydrogen-bond acceptors (Lipinski definition) is 6. The van der Waals surface area contributed by atoms with Gasteiger partial charge in [0.15, 0.2) is 6.23 Å². The van der Waals surface area contributed by atoms with Crippen LogP contribution in [-0.4, -0.2) is 55.5 Å². The molecular formula is C10H10F4N2O6. The predicted molar refractivity (Wildman–Crippen MR) is 59.3 cm³/mol. The number of halogens is 4. The highest BCUT2D eigenvalue weighted by Crippen LogP contribution is 2.46. The summed E-state index contributed by atoms with van der Waals surface area (Å²) >= 11 is 0. The van der Waals surface area contributed by atoms with Gasteiger partial charge >= 0.3 is 11.9 Å². The molecule has 0 bridgehead atoms. The minimum Gasteiger partial charge on any atom is -0.393 e. The summed E-state index contributed by atoms with van der Waals surface area (Å²) in [6.07, 6.45) is -12.2. The van der Waals surface area contributed by atoms with Crippen LogP contribution in [-0.2, 0) is 4.74 Å². The fraction of sp³-hybridized carbons (Fsp3) is 0.600. The number of nitrogens with zero attached hydrogens (tertiary/aromatic N) is 1. The fourth-order valence-corrected chi connectivity index (χ4v) is 2.11. The van der Waals surface area contributed by atoms with E-state index >= 15 is 0 Å². The van der Waals surface area contributed by atoms with Crippen molar-refractivity contribution in [3.05, 3.63) is 32.9 Å². The van der Waals surface area contributed by atoms with Crippen LogP contribution in [0.5, 0.6) is 0 Å². The topological polar surface area (TPSA) is 125 Å². The van der Waals surface area contributed by atoms with E-state index in [9.17, 15) is 37.4 Å². The van der Waals surface area contributed by atoms with Crippen LogP contribution in [0.2, 0.25) is 0 Å².